The minimum absolute atomic E-state index is 0.820. The van der Waals surface area contributed by atoms with Crippen molar-refractivity contribution in [3.05, 3.63) is 130 Å². The Labute approximate surface area is 264 Å². The molecule has 2 aromatic carbocycles. The molecular weight excluding hydrogens is 544 g/mol. The zero-order valence-corrected chi connectivity index (χ0v) is 26.7. The molecular formula is C36H50N8. The van der Waals surface area contributed by atoms with Crippen LogP contribution in [0.5, 0.6) is 0 Å². The maximum Gasteiger partial charge on any atom is 0.0547 e. The summed E-state index contributed by atoms with van der Waals surface area (Å²) in [5.41, 5.74) is 8.82. The average molecular weight is 595 g/mol. The Kier molecular flexibility index (Phi) is 14.4. The SMILES string of the molecule is CN(C)CCNCc1ccc(CNCCN(C)Cc2cc(CNCc3ccc(CNCc4ccncc4)cc3)ccn2)cc1. The third kappa shape index (κ3) is 13.0. The van der Waals surface area contributed by atoms with Gasteiger partial charge >= 0.3 is 0 Å². The molecule has 4 N–H and O–H groups in total. The minimum atomic E-state index is 0.820. The lowest BCUT2D eigenvalue weighted by Gasteiger charge is -2.17. The van der Waals surface area contributed by atoms with Gasteiger partial charge in [0, 0.05) is 90.6 Å². The molecule has 0 aliphatic carbocycles. The Balaban J connectivity index is 1.08. The van der Waals surface area contributed by atoms with Gasteiger partial charge in [-0.2, -0.15) is 0 Å². The van der Waals surface area contributed by atoms with Gasteiger partial charge < -0.3 is 26.2 Å². The first-order valence-electron chi connectivity index (χ1n) is 15.7. The van der Waals surface area contributed by atoms with Crippen LogP contribution in [0.25, 0.3) is 0 Å². The van der Waals surface area contributed by atoms with Crippen LogP contribution in [0.2, 0.25) is 0 Å². The van der Waals surface area contributed by atoms with E-state index >= 15 is 0 Å². The Morgan fingerprint density at radius 1 is 0.500 bits per heavy atom. The van der Waals surface area contributed by atoms with Crippen molar-refractivity contribution in [2.45, 2.75) is 45.8 Å². The van der Waals surface area contributed by atoms with Crippen molar-refractivity contribution >= 4 is 0 Å². The summed E-state index contributed by atoms with van der Waals surface area (Å²) in [5, 5.41) is 14.1. The van der Waals surface area contributed by atoms with Crippen LogP contribution < -0.4 is 21.3 Å². The lowest BCUT2D eigenvalue weighted by Crippen LogP contribution is -2.29. The van der Waals surface area contributed by atoms with Gasteiger partial charge in [0.25, 0.3) is 0 Å². The molecule has 0 amide bonds. The second kappa shape index (κ2) is 19.0. The van der Waals surface area contributed by atoms with Crippen LogP contribution in [0.3, 0.4) is 0 Å². The predicted molar refractivity (Wildman–Crippen MR) is 181 cm³/mol. The summed E-state index contributed by atoms with van der Waals surface area (Å²) in [5.74, 6) is 0. The number of pyridine rings is 2. The van der Waals surface area contributed by atoms with Gasteiger partial charge in [-0.1, -0.05) is 48.5 Å². The zero-order chi connectivity index (χ0) is 30.8. The van der Waals surface area contributed by atoms with Crippen LogP contribution >= 0.6 is 0 Å². The maximum atomic E-state index is 4.61. The molecule has 44 heavy (non-hydrogen) atoms. The second-order valence-electron chi connectivity index (χ2n) is 11.7. The van der Waals surface area contributed by atoms with E-state index in [2.05, 4.69) is 123 Å². The quantitative estimate of drug-likeness (QED) is 0.115. The number of nitrogens with one attached hydrogen (secondary N) is 4. The van der Waals surface area contributed by atoms with Crippen molar-refractivity contribution in [1.29, 1.82) is 0 Å². The van der Waals surface area contributed by atoms with Crippen LogP contribution in [-0.4, -0.2) is 67.1 Å². The lowest BCUT2D eigenvalue weighted by atomic mass is 10.1. The van der Waals surface area contributed by atoms with Crippen LogP contribution in [0.15, 0.2) is 91.4 Å². The summed E-state index contributed by atoms with van der Waals surface area (Å²) < 4.78 is 0. The van der Waals surface area contributed by atoms with Gasteiger partial charge in [-0.25, -0.2) is 0 Å². The monoisotopic (exact) mass is 594 g/mol. The first-order chi connectivity index (χ1) is 21.5. The van der Waals surface area contributed by atoms with Crippen LogP contribution in [0, 0.1) is 0 Å². The number of likely N-dealkylation sites (N-methyl/N-ethyl adjacent to an activating group) is 2. The summed E-state index contributed by atoms with van der Waals surface area (Å²) in [6.07, 6.45) is 5.59. The van der Waals surface area contributed by atoms with Crippen LogP contribution in [0.4, 0.5) is 0 Å². The van der Waals surface area contributed by atoms with E-state index < -0.39 is 0 Å². The third-order valence-corrected chi connectivity index (χ3v) is 7.49. The molecule has 0 aliphatic heterocycles. The first-order valence-corrected chi connectivity index (χ1v) is 15.7. The topological polar surface area (TPSA) is 80.4 Å². The number of nitrogens with zero attached hydrogens (tertiary/aromatic N) is 4. The van der Waals surface area contributed by atoms with Crippen molar-refractivity contribution in [3.8, 4) is 0 Å². The number of aromatic nitrogens is 2. The third-order valence-electron chi connectivity index (χ3n) is 7.49. The van der Waals surface area contributed by atoms with E-state index in [0.717, 1.165) is 77.7 Å². The van der Waals surface area contributed by atoms with Gasteiger partial charge in [-0.3, -0.25) is 14.9 Å². The average Bonchev–Trinajstić information content (AvgIpc) is 3.03. The van der Waals surface area contributed by atoms with Gasteiger partial charge in [0.15, 0.2) is 0 Å². The molecule has 2 heterocycles. The summed E-state index contributed by atoms with van der Waals surface area (Å²) in [7, 11) is 6.36. The largest absolute Gasteiger partial charge is 0.311 e. The molecule has 2 aromatic heterocycles. The highest BCUT2D eigenvalue weighted by atomic mass is 15.1. The van der Waals surface area contributed by atoms with Crippen molar-refractivity contribution in [1.82, 2.24) is 41.0 Å². The highest BCUT2D eigenvalue weighted by molar-refractivity contribution is 5.24. The fraction of sp³-hybridized carbons (Fsp3) is 0.389. The first kappa shape index (κ1) is 33.4. The molecule has 8 heteroatoms. The summed E-state index contributed by atoms with van der Waals surface area (Å²) in [6.45, 7) is 9.95. The summed E-state index contributed by atoms with van der Waals surface area (Å²) >= 11 is 0. The predicted octanol–water partition coefficient (Wildman–Crippen LogP) is 3.93. The van der Waals surface area contributed by atoms with E-state index in [-0.39, 0.29) is 0 Å². The Morgan fingerprint density at radius 2 is 0.932 bits per heavy atom. The lowest BCUT2D eigenvalue weighted by molar-refractivity contribution is 0.320. The molecule has 0 atom stereocenters. The fourth-order valence-corrected chi connectivity index (χ4v) is 4.87. The number of hydrogen-bond donors (Lipinski definition) is 4. The molecule has 234 valence electrons. The minimum Gasteiger partial charge on any atom is -0.311 e. The molecule has 0 aliphatic rings. The smallest absolute Gasteiger partial charge is 0.0547 e. The molecule has 0 saturated heterocycles. The molecule has 4 rings (SSSR count). The molecule has 0 bridgehead atoms. The van der Waals surface area contributed by atoms with Crippen molar-refractivity contribution in [3.63, 3.8) is 0 Å². The highest BCUT2D eigenvalue weighted by Gasteiger charge is 2.04. The Morgan fingerprint density at radius 3 is 1.45 bits per heavy atom. The Bertz CT molecular complexity index is 1330. The van der Waals surface area contributed by atoms with Gasteiger partial charge in [0.1, 0.15) is 0 Å². The fourth-order valence-electron chi connectivity index (χ4n) is 4.87. The normalized spacial score (nSPS) is 11.5. The number of hydrogen-bond acceptors (Lipinski definition) is 8. The number of rotatable bonds is 20. The summed E-state index contributed by atoms with van der Waals surface area (Å²) in [6, 6.07) is 26.1. The van der Waals surface area contributed by atoms with Gasteiger partial charge in [0.05, 0.1) is 5.69 Å². The van der Waals surface area contributed by atoms with Gasteiger partial charge in [-0.15, -0.1) is 0 Å². The second-order valence-corrected chi connectivity index (χ2v) is 11.7. The van der Waals surface area contributed by atoms with Gasteiger partial charge in [0.2, 0.25) is 0 Å². The molecule has 0 unspecified atom stereocenters. The van der Waals surface area contributed by atoms with Crippen molar-refractivity contribution < 1.29 is 0 Å². The molecule has 0 saturated carbocycles. The van der Waals surface area contributed by atoms with Crippen molar-refractivity contribution in [2.75, 3.05) is 47.3 Å². The molecule has 0 fully saturated rings. The molecule has 0 radical (unpaired) electrons. The van der Waals surface area contributed by atoms with E-state index in [1.807, 2.05) is 30.7 Å². The van der Waals surface area contributed by atoms with Crippen LogP contribution in [0.1, 0.15) is 39.1 Å². The van der Waals surface area contributed by atoms with E-state index in [1.165, 1.54) is 33.4 Å². The number of benzene rings is 2. The van der Waals surface area contributed by atoms with E-state index in [4.69, 9.17) is 0 Å². The van der Waals surface area contributed by atoms with E-state index in [0.29, 0.717) is 0 Å². The van der Waals surface area contributed by atoms with E-state index in [9.17, 15) is 0 Å². The highest BCUT2D eigenvalue weighted by Crippen LogP contribution is 2.08. The zero-order valence-electron chi connectivity index (χ0n) is 26.7. The standard InChI is InChI=1S/C36H50N8/c1-43(2)20-18-38-23-30-4-6-31(7-5-30)24-39-19-21-44(3)29-36-22-35(14-17-42-36)28-41-26-33-10-8-32(9-11-33)25-40-27-34-12-15-37-16-13-34/h4-17,22,38-41H,18-21,23-29H2,1-3H3. The Hall–Kier alpha value is -3.50. The van der Waals surface area contributed by atoms with E-state index in [1.54, 1.807) is 0 Å². The maximum absolute atomic E-state index is 4.61. The van der Waals surface area contributed by atoms with Crippen molar-refractivity contribution in [2.24, 2.45) is 0 Å². The summed E-state index contributed by atoms with van der Waals surface area (Å²) in [4.78, 5) is 13.2. The molecule has 4 aromatic rings. The van der Waals surface area contributed by atoms with Crippen LogP contribution in [-0.2, 0) is 45.8 Å². The molecule has 0 spiro atoms. The molecule has 8 nitrogen and oxygen atoms in total. The van der Waals surface area contributed by atoms with Gasteiger partial charge in [-0.05, 0) is 78.8 Å².